The van der Waals surface area contributed by atoms with Gasteiger partial charge in [-0.25, -0.2) is 28.8 Å². The smallest absolute Gasteiger partial charge is 0.408 e. The molecule has 0 aromatic heterocycles. The summed E-state index contributed by atoms with van der Waals surface area (Å²) in [6, 6.07) is 35.0. The largest absolute Gasteiger partial charge is 0.491 e. The number of nitrogens with one attached hydrogen (secondary N) is 4. The molecule has 30 nitrogen and oxygen atoms in total. The minimum Gasteiger partial charge on any atom is -0.491 e. The summed E-state index contributed by atoms with van der Waals surface area (Å²) in [5.74, 6) is -1.92. The fourth-order valence-corrected chi connectivity index (χ4v) is 17.5. The molecule has 0 bridgehead atoms. The number of amides is 5. The van der Waals surface area contributed by atoms with Crippen LogP contribution in [0.15, 0.2) is 133 Å². The molecule has 0 saturated carbocycles. The summed E-state index contributed by atoms with van der Waals surface area (Å²) in [5, 5.41) is 37.8. The van der Waals surface area contributed by atoms with Gasteiger partial charge in [-0.15, -0.1) is 0 Å². The van der Waals surface area contributed by atoms with Gasteiger partial charge in [-0.1, -0.05) is 178 Å². The Morgan fingerprint density at radius 1 is 0.472 bits per heavy atom. The Morgan fingerprint density at radius 2 is 0.856 bits per heavy atom. The topological polar surface area (TPSA) is 380 Å². The molecule has 125 heavy (non-hydrogen) atoms. The standard InChI is InChI=1S/C33H48N2O8Si.C26H40N2O7Si.C25H35NO4Si.C8H15NO5/c1-32(2,3)42-31(39)34-24(20-36)29(37)35-25(30(38)40-7)19-27(43-44(8,9)33(4,5)6)28(35)23-17-13-14-18-26(23)41-21-22-15-11-10-12-16-22;1-25(2,3)34-24(31)27-17-15-33-19-13-11-10-12-16(19)21-20(35-36(8,9)26(4,5)6)14-18(23(30)32-7)28(21)22(17)29;1-25(2,3)31(5,6)30-22-16-20(24(27)28-4)26-23(22)19-14-10-11-15-21(19)29-17-18-12-8-7-9-13-18;1-8(2,3)14-7(13)9-5(4-10)6(11)12/h10-18,24-25,27-28,36H,19-21H2,1-9H3,(H,34,39);10-13,17-18,20-21H,14-15H2,1-9H3,(H,27,31);7-15,20,22-23,26H,16-17H2,1-6H3;5,10H,4H2,1-3H3,(H,9,13)(H,11,12)/t24-,25-,27+,28-;17-,18-,20+,21-;20-,22+,23-;5-/m0000/s1. The van der Waals surface area contributed by atoms with E-state index in [4.69, 9.17) is 66.1 Å². The predicted molar refractivity (Wildman–Crippen MR) is 480 cm³/mol. The van der Waals surface area contributed by atoms with Gasteiger partial charge in [0, 0.05) is 36.0 Å². The van der Waals surface area contributed by atoms with Crippen LogP contribution >= 0.6 is 0 Å². The Labute approximate surface area is 741 Å². The molecule has 5 aromatic rings. The van der Waals surface area contributed by atoms with Crippen LogP contribution in [0, 0.1) is 0 Å². The molecule has 0 aliphatic carbocycles. The monoisotopic (exact) mass is 1790 g/mol. The van der Waals surface area contributed by atoms with Crippen LogP contribution in [0.2, 0.25) is 54.4 Å². The van der Waals surface area contributed by atoms with Gasteiger partial charge < -0.3 is 97.0 Å². The van der Waals surface area contributed by atoms with E-state index in [1.807, 2.05) is 133 Å². The Bertz CT molecular complexity index is 4420. The van der Waals surface area contributed by atoms with Crippen molar-refractivity contribution in [3.05, 3.63) is 161 Å². The number of likely N-dealkylation sites (tertiary alicyclic amines) is 1. The lowest BCUT2D eigenvalue weighted by atomic mass is 10.00. The molecule has 692 valence electrons. The first kappa shape index (κ1) is 104. The summed E-state index contributed by atoms with van der Waals surface area (Å²) < 4.78 is 69.9. The van der Waals surface area contributed by atoms with Crippen LogP contribution in [0.25, 0.3) is 0 Å². The summed E-state index contributed by atoms with van der Waals surface area (Å²) in [5.41, 5.74) is 2.22. The van der Waals surface area contributed by atoms with E-state index < -0.39 is 164 Å². The van der Waals surface area contributed by atoms with Gasteiger partial charge >= 0.3 is 42.2 Å². The van der Waals surface area contributed by atoms with E-state index in [0.717, 1.165) is 28.0 Å². The van der Waals surface area contributed by atoms with E-state index in [0.29, 0.717) is 30.1 Å². The first-order valence-electron chi connectivity index (χ1n) is 42.3. The maximum absolute atomic E-state index is 14.3. The molecular weight excluding hydrogens is 1660 g/mol. The number of para-hydroxylation sites is 3. The number of hydrogen-bond acceptors (Lipinski definition) is 24. The molecule has 4 aliphatic rings. The molecule has 0 spiro atoms. The number of fused-ring (bicyclic) bond motifs is 3. The van der Waals surface area contributed by atoms with Crippen molar-refractivity contribution in [1.29, 1.82) is 0 Å². The Balaban J connectivity index is 0.000000272. The van der Waals surface area contributed by atoms with Crippen LogP contribution in [0.5, 0.6) is 17.2 Å². The van der Waals surface area contributed by atoms with Crippen molar-refractivity contribution in [3.63, 3.8) is 0 Å². The number of benzene rings is 5. The molecule has 5 amide bonds. The van der Waals surface area contributed by atoms with Gasteiger partial charge in [-0.3, -0.25) is 19.7 Å². The predicted octanol–water partition coefficient (Wildman–Crippen LogP) is 14.7. The van der Waals surface area contributed by atoms with Crippen molar-refractivity contribution < 1.29 is 114 Å². The normalized spacial score (nSPS) is 20.9. The summed E-state index contributed by atoms with van der Waals surface area (Å²) in [4.78, 5) is 116. The molecule has 33 heteroatoms. The highest BCUT2D eigenvalue weighted by atomic mass is 28.4. The zero-order valence-electron chi connectivity index (χ0n) is 78.1. The van der Waals surface area contributed by atoms with Crippen LogP contribution in [0.3, 0.4) is 0 Å². The van der Waals surface area contributed by atoms with Crippen molar-refractivity contribution in [1.82, 2.24) is 31.1 Å². The number of alkyl carbamates (subject to hydrolysis) is 3. The second-order valence-corrected chi connectivity index (χ2v) is 53.2. The summed E-state index contributed by atoms with van der Waals surface area (Å²) in [6.07, 6.45) is -2.64. The van der Waals surface area contributed by atoms with Crippen LogP contribution < -0.4 is 35.5 Å². The number of rotatable bonds is 24. The van der Waals surface area contributed by atoms with Gasteiger partial charge in [0.05, 0.1) is 71.0 Å². The number of hydrogen-bond donors (Lipinski definition) is 7. The van der Waals surface area contributed by atoms with Crippen molar-refractivity contribution in [2.45, 2.75) is 301 Å². The Morgan fingerprint density at radius 3 is 1.30 bits per heavy atom. The number of carbonyl (C=O) groups excluding carboxylic acids is 8. The zero-order valence-corrected chi connectivity index (χ0v) is 81.1. The summed E-state index contributed by atoms with van der Waals surface area (Å²) in [6.45, 7) is 47.0. The van der Waals surface area contributed by atoms with Crippen molar-refractivity contribution in [2.24, 2.45) is 0 Å². The second kappa shape index (κ2) is 43.8. The van der Waals surface area contributed by atoms with Crippen molar-refractivity contribution in [3.8, 4) is 17.2 Å². The number of esters is 3. The number of carboxylic acids is 1. The lowest BCUT2D eigenvalue weighted by molar-refractivity contribution is -0.153. The third-order valence-electron chi connectivity index (χ3n) is 22.7. The van der Waals surface area contributed by atoms with Crippen LogP contribution in [-0.4, -0.2) is 217 Å². The fourth-order valence-electron chi connectivity index (χ4n) is 13.5. The van der Waals surface area contributed by atoms with Crippen LogP contribution in [0.1, 0.15) is 190 Å². The van der Waals surface area contributed by atoms with Gasteiger partial charge in [0.15, 0.2) is 31.0 Å². The van der Waals surface area contributed by atoms with Crippen molar-refractivity contribution >= 4 is 78.9 Å². The number of aliphatic hydroxyl groups excluding tert-OH is 2. The number of nitrogens with zero attached hydrogens (tertiary/aromatic N) is 2. The molecule has 7 N–H and O–H groups in total. The molecule has 4 heterocycles. The quantitative estimate of drug-likeness (QED) is 0.0171. The number of aliphatic hydroxyl groups is 2. The number of carboxylic acid groups (broad SMARTS) is 1. The van der Waals surface area contributed by atoms with Gasteiger partial charge in [-0.05, 0) is 146 Å². The molecular formula is C92H138N6O24Si3. The van der Waals surface area contributed by atoms with Gasteiger partial charge in [-0.2, -0.15) is 0 Å². The number of methoxy groups -OCH3 is 3. The maximum atomic E-state index is 14.3. The zero-order chi connectivity index (χ0) is 93.9. The second-order valence-electron chi connectivity index (χ2n) is 38.9. The SMILES string of the molecule is CC(C)(C)OC(=O)N[C@@H](CO)C(=O)O.COC(=O)[C@@H]1C[C@@H](O[Si](C)(C)C(C)(C)C)[C@@H]2c3ccccc3OC[C@H](NC(=O)OC(C)(C)C)C(=O)N12.COC(=O)[C@@H]1C[C@@H](O[Si](C)(C)C(C)(C)C)[C@H](c2ccccc2OCc2ccccc2)N1.COC(=O)[C@@H]1C[C@@H](O[Si](C)(C)C(C)(C)C)[C@H](c2ccccc2OCc2ccccc2)N1C(=O)[C@H](CO)NC(=O)OC(C)(C)C. The van der Waals surface area contributed by atoms with E-state index in [-0.39, 0.29) is 59.3 Å². The average Bonchev–Trinajstić information content (AvgIpc) is 1.60. The van der Waals surface area contributed by atoms with E-state index in [1.165, 1.54) is 31.1 Å². The van der Waals surface area contributed by atoms with E-state index in [1.54, 1.807) is 62.3 Å². The molecule has 3 fully saturated rings. The molecule has 0 radical (unpaired) electrons. The molecule has 0 unspecified atom stereocenters. The third kappa shape index (κ3) is 29.6. The first-order chi connectivity index (χ1) is 57.9. The lowest BCUT2D eigenvalue weighted by Gasteiger charge is -2.41. The maximum Gasteiger partial charge on any atom is 0.408 e. The molecule has 5 aromatic carbocycles. The number of ether oxygens (including phenoxy) is 9. The first-order valence-corrected chi connectivity index (χ1v) is 51.0. The highest BCUT2D eigenvalue weighted by Gasteiger charge is 2.57. The number of aliphatic carboxylic acids is 1. The average molecular weight is 1800 g/mol. The van der Waals surface area contributed by atoms with Gasteiger partial charge in [0.2, 0.25) is 11.8 Å². The van der Waals surface area contributed by atoms with Gasteiger partial charge in [0.25, 0.3) is 0 Å². The molecule has 4 aliphatic heterocycles. The fraction of sp³-hybridized carbons (Fsp3) is 0.576. The Hall–Kier alpha value is -9.46. The lowest BCUT2D eigenvalue weighted by Crippen LogP contribution is -2.56. The van der Waals surface area contributed by atoms with E-state index in [2.05, 4.69) is 124 Å². The molecule has 12 atom stereocenters. The highest BCUT2D eigenvalue weighted by Crippen LogP contribution is 2.50. The van der Waals surface area contributed by atoms with Crippen molar-refractivity contribution in [2.75, 3.05) is 41.2 Å². The summed E-state index contributed by atoms with van der Waals surface area (Å²) >= 11 is 0. The van der Waals surface area contributed by atoms with E-state index >= 15 is 0 Å². The highest BCUT2D eigenvalue weighted by molar-refractivity contribution is 6.75. The van der Waals surface area contributed by atoms with E-state index in [9.17, 15) is 48.3 Å². The minimum absolute atomic E-state index is 0.0736. The summed E-state index contributed by atoms with van der Waals surface area (Å²) in [7, 11) is -2.75. The molecule has 9 rings (SSSR count). The molecule has 3 saturated heterocycles. The number of carbonyl (C=O) groups is 9. The van der Waals surface area contributed by atoms with Crippen LogP contribution in [0.4, 0.5) is 14.4 Å². The Kier molecular flexibility index (Phi) is 36.6. The third-order valence-corrected chi connectivity index (χ3v) is 36.3. The van der Waals surface area contributed by atoms with Gasteiger partial charge in [0.1, 0.15) is 84.1 Å². The van der Waals surface area contributed by atoms with Crippen LogP contribution in [-0.2, 0) is 83.7 Å². The minimum atomic E-state index is -2.43.